The Morgan fingerprint density at radius 1 is 0.848 bits per heavy atom. The number of rotatable bonds is 13. The lowest BCUT2D eigenvalue weighted by atomic mass is 10.2. The van der Waals surface area contributed by atoms with Gasteiger partial charge in [0.25, 0.3) is 0 Å². The van der Waals surface area contributed by atoms with Gasteiger partial charge in [-0.15, -0.1) is 0 Å². The Balaban J connectivity index is 1.99. The van der Waals surface area contributed by atoms with Crippen LogP contribution in [0.15, 0.2) is 42.5 Å². The van der Waals surface area contributed by atoms with E-state index in [0.717, 1.165) is 12.8 Å². The Kier molecular flexibility index (Phi) is 10.7. The molecule has 0 spiro atoms. The molecule has 0 fully saturated rings. The van der Waals surface area contributed by atoms with Gasteiger partial charge in [-0.25, -0.2) is 9.59 Å². The summed E-state index contributed by atoms with van der Waals surface area (Å²) in [5.41, 5.74) is 5.75. The molecule has 0 saturated heterocycles. The minimum Gasteiger partial charge on any atom is -0.490 e. The highest BCUT2D eigenvalue weighted by atomic mass is 16.7. The van der Waals surface area contributed by atoms with Gasteiger partial charge in [0.1, 0.15) is 11.3 Å². The summed E-state index contributed by atoms with van der Waals surface area (Å²) in [5, 5.41) is 0. The Hall–Kier alpha value is -3.59. The fourth-order valence-corrected chi connectivity index (χ4v) is 2.64. The standard InChI is InChI=1S/C24H29NO8/c1-3-4-13-29-21-11-10-18(15-22(21)30-14-7-12-25)23(27)31-16-32-24(28)19-8-5-6-9-20(19)33-17(2)26/h5-6,8-11,15H,3-4,7,12-14,16,25H2,1-2H3. The molecule has 9 nitrogen and oxygen atoms in total. The van der Waals surface area contributed by atoms with E-state index in [-0.39, 0.29) is 16.9 Å². The van der Waals surface area contributed by atoms with Gasteiger partial charge in [0.15, 0.2) is 11.5 Å². The van der Waals surface area contributed by atoms with Crippen LogP contribution in [0.1, 0.15) is 53.8 Å². The highest BCUT2D eigenvalue weighted by Crippen LogP contribution is 2.29. The third kappa shape index (κ3) is 8.46. The molecule has 0 atom stereocenters. The first-order valence-electron chi connectivity index (χ1n) is 10.7. The molecule has 0 aromatic heterocycles. The number of unbranched alkanes of at least 4 members (excludes halogenated alkanes) is 1. The van der Waals surface area contributed by atoms with Gasteiger partial charge in [0.2, 0.25) is 6.79 Å². The summed E-state index contributed by atoms with van der Waals surface area (Å²) < 4.78 is 26.5. The van der Waals surface area contributed by atoms with Crippen LogP contribution in [0.4, 0.5) is 0 Å². The zero-order valence-electron chi connectivity index (χ0n) is 18.8. The van der Waals surface area contributed by atoms with Gasteiger partial charge >= 0.3 is 17.9 Å². The van der Waals surface area contributed by atoms with Crippen molar-refractivity contribution in [1.29, 1.82) is 0 Å². The molecule has 178 valence electrons. The van der Waals surface area contributed by atoms with Gasteiger partial charge < -0.3 is 29.4 Å². The number of carbonyl (C=O) groups is 3. The molecular weight excluding hydrogens is 430 g/mol. The van der Waals surface area contributed by atoms with E-state index >= 15 is 0 Å². The summed E-state index contributed by atoms with van der Waals surface area (Å²) in [5.74, 6) is -1.11. The van der Waals surface area contributed by atoms with Crippen LogP contribution in [-0.4, -0.2) is 44.5 Å². The quantitative estimate of drug-likeness (QED) is 0.207. The van der Waals surface area contributed by atoms with E-state index in [1.54, 1.807) is 18.2 Å². The maximum absolute atomic E-state index is 12.4. The molecule has 0 unspecified atom stereocenters. The van der Waals surface area contributed by atoms with Crippen molar-refractivity contribution in [2.75, 3.05) is 26.6 Å². The van der Waals surface area contributed by atoms with Crippen LogP contribution in [0.3, 0.4) is 0 Å². The zero-order chi connectivity index (χ0) is 24.1. The normalized spacial score (nSPS) is 10.3. The first kappa shape index (κ1) is 25.7. The molecule has 0 aliphatic carbocycles. The lowest BCUT2D eigenvalue weighted by Gasteiger charge is -2.14. The molecule has 0 heterocycles. The van der Waals surface area contributed by atoms with Crippen molar-refractivity contribution < 1.29 is 38.1 Å². The fourth-order valence-electron chi connectivity index (χ4n) is 2.64. The molecule has 2 N–H and O–H groups in total. The second kappa shape index (κ2) is 13.7. The number of ether oxygens (including phenoxy) is 5. The van der Waals surface area contributed by atoms with Crippen molar-refractivity contribution in [3.05, 3.63) is 53.6 Å². The summed E-state index contributed by atoms with van der Waals surface area (Å²) in [7, 11) is 0. The lowest BCUT2D eigenvalue weighted by molar-refractivity contribution is -0.131. The number of para-hydroxylation sites is 1. The predicted octanol–water partition coefficient (Wildman–Crippen LogP) is 3.49. The molecule has 0 aliphatic heterocycles. The predicted molar refractivity (Wildman–Crippen MR) is 119 cm³/mol. The van der Waals surface area contributed by atoms with E-state index in [1.165, 1.54) is 31.2 Å². The molecule has 0 bridgehead atoms. The summed E-state index contributed by atoms with van der Waals surface area (Å²) in [6, 6.07) is 10.8. The van der Waals surface area contributed by atoms with E-state index < -0.39 is 24.7 Å². The average molecular weight is 459 g/mol. The number of hydrogen-bond donors (Lipinski definition) is 1. The van der Waals surface area contributed by atoms with Crippen LogP contribution in [0, 0.1) is 0 Å². The summed E-state index contributed by atoms with van der Waals surface area (Å²) in [4.78, 5) is 35.9. The molecule has 0 aliphatic rings. The molecular formula is C24H29NO8. The van der Waals surface area contributed by atoms with Crippen molar-refractivity contribution in [3.8, 4) is 17.2 Å². The van der Waals surface area contributed by atoms with Crippen LogP contribution in [0.2, 0.25) is 0 Å². The number of benzene rings is 2. The largest absolute Gasteiger partial charge is 0.490 e. The number of nitrogens with two attached hydrogens (primary N) is 1. The molecule has 0 radical (unpaired) electrons. The third-order valence-corrected chi connectivity index (χ3v) is 4.28. The van der Waals surface area contributed by atoms with E-state index in [9.17, 15) is 14.4 Å². The van der Waals surface area contributed by atoms with Crippen LogP contribution >= 0.6 is 0 Å². The molecule has 0 saturated carbocycles. The molecule has 33 heavy (non-hydrogen) atoms. The lowest BCUT2D eigenvalue weighted by Crippen LogP contribution is -2.15. The van der Waals surface area contributed by atoms with Crippen LogP contribution in [-0.2, 0) is 14.3 Å². The van der Waals surface area contributed by atoms with E-state index in [2.05, 4.69) is 6.92 Å². The Morgan fingerprint density at radius 2 is 1.55 bits per heavy atom. The van der Waals surface area contributed by atoms with E-state index in [1.807, 2.05) is 0 Å². The van der Waals surface area contributed by atoms with Crippen molar-refractivity contribution in [2.45, 2.75) is 33.1 Å². The summed E-state index contributed by atoms with van der Waals surface area (Å²) in [6.07, 6.45) is 2.52. The van der Waals surface area contributed by atoms with Gasteiger partial charge in [-0.3, -0.25) is 4.79 Å². The smallest absolute Gasteiger partial charge is 0.344 e. The molecule has 0 amide bonds. The van der Waals surface area contributed by atoms with Gasteiger partial charge in [-0.05, 0) is 49.7 Å². The second-order valence-corrected chi connectivity index (χ2v) is 6.93. The summed E-state index contributed by atoms with van der Waals surface area (Å²) >= 11 is 0. The molecule has 2 rings (SSSR count). The van der Waals surface area contributed by atoms with E-state index in [0.29, 0.717) is 37.7 Å². The zero-order valence-corrected chi connectivity index (χ0v) is 18.8. The van der Waals surface area contributed by atoms with E-state index in [4.69, 9.17) is 29.4 Å². The minimum absolute atomic E-state index is 0.0351. The molecule has 2 aromatic rings. The highest BCUT2D eigenvalue weighted by molar-refractivity contribution is 5.93. The van der Waals surface area contributed by atoms with Crippen molar-refractivity contribution >= 4 is 17.9 Å². The Bertz CT molecular complexity index is 944. The van der Waals surface area contributed by atoms with Crippen molar-refractivity contribution in [1.82, 2.24) is 0 Å². The van der Waals surface area contributed by atoms with Crippen molar-refractivity contribution in [3.63, 3.8) is 0 Å². The monoisotopic (exact) mass is 459 g/mol. The third-order valence-electron chi connectivity index (χ3n) is 4.28. The van der Waals surface area contributed by atoms with Crippen LogP contribution in [0.5, 0.6) is 17.2 Å². The highest BCUT2D eigenvalue weighted by Gasteiger charge is 2.17. The van der Waals surface area contributed by atoms with Crippen molar-refractivity contribution in [2.24, 2.45) is 5.73 Å². The maximum atomic E-state index is 12.4. The maximum Gasteiger partial charge on any atom is 0.344 e. The minimum atomic E-state index is -0.801. The fraction of sp³-hybridized carbons (Fsp3) is 0.375. The second-order valence-electron chi connectivity index (χ2n) is 6.93. The first-order chi connectivity index (χ1) is 16.0. The Labute approximate surface area is 192 Å². The van der Waals surface area contributed by atoms with Gasteiger partial charge in [-0.1, -0.05) is 25.5 Å². The average Bonchev–Trinajstić information content (AvgIpc) is 2.80. The number of carbonyl (C=O) groups excluding carboxylic acids is 3. The van der Waals surface area contributed by atoms with Gasteiger partial charge in [0.05, 0.1) is 18.8 Å². The van der Waals surface area contributed by atoms with Gasteiger partial charge in [0, 0.05) is 6.92 Å². The number of esters is 3. The van der Waals surface area contributed by atoms with Crippen LogP contribution < -0.4 is 19.9 Å². The summed E-state index contributed by atoms with van der Waals surface area (Å²) in [6.45, 7) is 4.03. The topological polar surface area (TPSA) is 123 Å². The first-order valence-corrected chi connectivity index (χ1v) is 10.7. The van der Waals surface area contributed by atoms with Crippen LogP contribution in [0.25, 0.3) is 0 Å². The SMILES string of the molecule is CCCCOc1ccc(C(=O)OCOC(=O)c2ccccc2OC(C)=O)cc1OCCCN. The van der Waals surface area contributed by atoms with Gasteiger partial charge in [-0.2, -0.15) is 0 Å². The number of hydrogen-bond acceptors (Lipinski definition) is 9. The Morgan fingerprint density at radius 3 is 2.27 bits per heavy atom. The molecule has 9 heteroatoms. The molecule has 2 aromatic carbocycles.